The third-order valence-electron chi connectivity index (χ3n) is 1.78. The number of benzene rings is 1. The van der Waals surface area contributed by atoms with Crippen LogP contribution in [0.5, 0.6) is 5.75 Å². The number of esters is 1. The highest BCUT2D eigenvalue weighted by molar-refractivity contribution is 5.72. The van der Waals surface area contributed by atoms with Gasteiger partial charge in [-0.1, -0.05) is 19.1 Å². The lowest BCUT2D eigenvalue weighted by molar-refractivity contribution is -0.496. The molecule has 0 radical (unpaired) electrons. The van der Waals surface area contributed by atoms with Gasteiger partial charge >= 0.3 is 5.97 Å². The minimum atomic E-state index is -0.460. The molecule has 0 heterocycles. The third kappa shape index (κ3) is 3.38. The zero-order valence-corrected chi connectivity index (χ0v) is 8.30. The maximum atomic E-state index is 11.0. The van der Waals surface area contributed by atoms with Crippen LogP contribution in [0.15, 0.2) is 24.3 Å². The number of ether oxygens (including phenoxy) is 1. The summed E-state index contributed by atoms with van der Waals surface area (Å²) >= 11 is 0. The lowest BCUT2D eigenvalue weighted by Gasteiger charge is -2.05. The summed E-state index contributed by atoms with van der Waals surface area (Å²) in [6.45, 7) is 1.33. The Morgan fingerprint density at radius 2 is 2.13 bits per heavy atom. The first-order chi connectivity index (χ1) is 7.13. The molecule has 15 heavy (non-hydrogen) atoms. The molecule has 0 aliphatic rings. The van der Waals surface area contributed by atoms with Crippen molar-refractivity contribution < 1.29 is 14.5 Å². The van der Waals surface area contributed by atoms with E-state index in [2.05, 4.69) is 0 Å². The summed E-state index contributed by atoms with van der Waals surface area (Å²) in [5.74, 6) is -0.133. The molecule has 5 heteroatoms. The largest absolute Gasteiger partial charge is 0.426 e. The van der Waals surface area contributed by atoms with E-state index in [4.69, 9.17) is 4.74 Å². The number of rotatable bonds is 4. The molecule has 0 bridgehead atoms. The van der Waals surface area contributed by atoms with Gasteiger partial charge in [0.2, 0.25) is 6.54 Å². The van der Waals surface area contributed by atoms with Crippen molar-refractivity contribution in [2.45, 2.75) is 19.9 Å². The van der Waals surface area contributed by atoms with E-state index in [1.54, 1.807) is 31.2 Å². The molecule has 0 aliphatic carbocycles. The highest BCUT2D eigenvalue weighted by Crippen LogP contribution is 2.18. The molecule has 0 aromatic heterocycles. The van der Waals surface area contributed by atoms with Crippen molar-refractivity contribution in [1.29, 1.82) is 0 Å². The van der Waals surface area contributed by atoms with E-state index < -0.39 is 10.9 Å². The van der Waals surface area contributed by atoms with Crippen molar-refractivity contribution in [3.8, 4) is 5.75 Å². The topological polar surface area (TPSA) is 69.4 Å². The van der Waals surface area contributed by atoms with Crippen LogP contribution in [0.2, 0.25) is 0 Å². The predicted molar refractivity (Wildman–Crippen MR) is 53.1 cm³/mol. The van der Waals surface area contributed by atoms with Crippen LogP contribution in [-0.2, 0) is 11.3 Å². The van der Waals surface area contributed by atoms with E-state index in [-0.39, 0.29) is 18.7 Å². The lowest BCUT2D eigenvalue weighted by atomic mass is 10.2. The maximum Gasteiger partial charge on any atom is 0.310 e. The summed E-state index contributed by atoms with van der Waals surface area (Å²) in [4.78, 5) is 20.9. The van der Waals surface area contributed by atoms with E-state index in [0.29, 0.717) is 5.56 Å². The fourth-order valence-electron chi connectivity index (χ4n) is 1.07. The van der Waals surface area contributed by atoms with Crippen molar-refractivity contribution in [2.75, 3.05) is 0 Å². The number of para-hydroxylation sites is 1. The molecule has 0 fully saturated rings. The molecule has 0 unspecified atom stereocenters. The van der Waals surface area contributed by atoms with Crippen LogP contribution in [0.3, 0.4) is 0 Å². The minimum absolute atomic E-state index is 0.243. The average molecular weight is 209 g/mol. The third-order valence-corrected chi connectivity index (χ3v) is 1.78. The summed E-state index contributed by atoms with van der Waals surface area (Å²) in [6, 6.07) is 6.46. The van der Waals surface area contributed by atoms with Crippen LogP contribution in [0.4, 0.5) is 0 Å². The Morgan fingerprint density at radius 3 is 2.73 bits per heavy atom. The van der Waals surface area contributed by atoms with Crippen LogP contribution in [0.1, 0.15) is 18.9 Å². The molecule has 1 aromatic carbocycles. The predicted octanol–water partition coefficient (Wildman–Crippen LogP) is 1.78. The maximum absolute atomic E-state index is 11.0. The fourth-order valence-corrected chi connectivity index (χ4v) is 1.07. The smallest absolute Gasteiger partial charge is 0.310 e. The number of nitro groups is 1. The molecular formula is C10H11NO4. The van der Waals surface area contributed by atoms with E-state index in [9.17, 15) is 14.9 Å². The standard InChI is InChI=1S/C10H11NO4/c1-2-10(12)15-9-6-4-3-5-8(9)7-11(13)14/h3-6H,2,7H2,1H3. The van der Waals surface area contributed by atoms with Gasteiger partial charge in [-0.3, -0.25) is 14.9 Å². The first-order valence-corrected chi connectivity index (χ1v) is 4.54. The second-order valence-electron chi connectivity index (χ2n) is 2.93. The Balaban J connectivity index is 2.85. The SMILES string of the molecule is CCC(=O)Oc1ccccc1C[N+](=O)[O-]. The van der Waals surface area contributed by atoms with E-state index in [1.165, 1.54) is 0 Å². The summed E-state index contributed by atoms with van der Waals surface area (Å²) in [5.41, 5.74) is 0.407. The Morgan fingerprint density at radius 1 is 1.47 bits per heavy atom. The second-order valence-corrected chi connectivity index (χ2v) is 2.93. The molecule has 5 nitrogen and oxygen atoms in total. The van der Waals surface area contributed by atoms with Crippen LogP contribution in [-0.4, -0.2) is 10.9 Å². The van der Waals surface area contributed by atoms with Crippen LogP contribution < -0.4 is 4.74 Å². The van der Waals surface area contributed by atoms with Crippen LogP contribution >= 0.6 is 0 Å². The monoisotopic (exact) mass is 209 g/mol. The number of nitrogens with zero attached hydrogens (tertiary/aromatic N) is 1. The summed E-state index contributed by atoms with van der Waals surface area (Å²) < 4.78 is 4.95. The van der Waals surface area contributed by atoms with Gasteiger partial charge in [-0.05, 0) is 12.1 Å². The summed E-state index contributed by atoms with van der Waals surface area (Å²) in [6.07, 6.45) is 0.243. The van der Waals surface area contributed by atoms with Crippen molar-refractivity contribution in [1.82, 2.24) is 0 Å². The van der Waals surface area contributed by atoms with E-state index >= 15 is 0 Å². The quantitative estimate of drug-likeness (QED) is 0.328. The highest BCUT2D eigenvalue weighted by atomic mass is 16.6. The second kappa shape index (κ2) is 5.09. The van der Waals surface area contributed by atoms with Gasteiger partial charge in [0.1, 0.15) is 5.75 Å². The summed E-state index contributed by atoms with van der Waals surface area (Å²) in [5, 5.41) is 10.3. The first-order valence-electron chi connectivity index (χ1n) is 4.54. The molecule has 0 saturated carbocycles. The average Bonchev–Trinajstić information content (AvgIpc) is 2.20. The van der Waals surface area contributed by atoms with Crippen molar-refractivity contribution >= 4 is 5.97 Å². The van der Waals surface area contributed by atoms with Crippen LogP contribution in [0, 0.1) is 10.1 Å². The zero-order chi connectivity index (χ0) is 11.3. The Kier molecular flexibility index (Phi) is 3.79. The Hall–Kier alpha value is -1.91. The van der Waals surface area contributed by atoms with Gasteiger partial charge in [-0.2, -0.15) is 0 Å². The fraction of sp³-hybridized carbons (Fsp3) is 0.300. The first kappa shape index (κ1) is 11.2. The van der Waals surface area contributed by atoms with Gasteiger partial charge in [0.05, 0.1) is 5.56 Å². The van der Waals surface area contributed by atoms with Gasteiger partial charge in [0.15, 0.2) is 0 Å². The molecule has 0 spiro atoms. The molecule has 1 rings (SSSR count). The molecule has 0 aliphatic heterocycles. The minimum Gasteiger partial charge on any atom is -0.426 e. The van der Waals surface area contributed by atoms with Gasteiger partial charge in [-0.25, -0.2) is 0 Å². The normalized spacial score (nSPS) is 9.67. The number of hydrogen-bond donors (Lipinski definition) is 0. The van der Waals surface area contributed by atoms with E-state index in [1.807, 2.05) is 0 Å². The van der Waals surface area contributed by atoms with Crippen molar-refractivity contribution in [3.05, 3.63) is 39.9 Å². The van der Waals surface area contributed by atoms with E-state index in [0.717, 1.165) is 0 Å². The van der Waals surface area contributed by atoms with Crippen molar-refractivity contribution in [2.24, 2.45) is 0 Å². The number of carbonyl (C=O) groups is 1. The summed E-state index contributed by atoms with van der Waals surface area (Å²) in [7, 11) is 0. The molecule has 1 aromatic rings. The number of hydrogen-bond acceptors (Lipinski definition) is 4. The van der Waals surface area contributed by atoms with Crippen molar-refractivity contribution in [3.63, 3.8) is 0 Å². The molecule has 80 valence electrons. The Labute approximate surface area is 86.8 Å². The molecule has 0 saturated heterocycles. The number of carbonyl (C=O) groups excluding carboxylic acids is 1. The van der Waals surface area contributed by atoms with Gasteiger partial charge in [0, 0.05) is 11.3 Å². The molecule has 0 amide bonds. The van der Waals surface area contributed by atoms with Gasteiger partial charge in [-0.15, -0.1) is 0 Å². The molecular weight excluding hydrogens is 198 g/mol. The highest BCUT2D eigenvalue weighted by Gasteiger charge is 2.11. The van der Waals surface area contributed by atoms with Gasteiger partial charge < -0.3 is 4.74 Å². The molecule has 0 atom stereocenters. The molecule has 0 N–H and O–H groups in total. The van der Waals surface area contributed by atoms with Gasteiger partial charge in [0.25, 0.3) is 0 Å². The lowest BCUT2D eigenvalue weighted by Crippen LogP contribution is -2.09. The van der Waals surface area contributed by atoms with Crippen LogP contribution in [0.25, 0.3) is 0 Å². The zero-order valence-electron chi connectivity index (χ0n) is 8.30. The Bertz CT molecular complexity index is 375.